The highest BCUT2D eigenvalue weighted by atomic mass is 16.5. The van der Waals surface area contributed by atoms with Crippen LogP contribution in [0.3, 0.4) is 0 Å². The van der Waals surface area contributed by atoms with Crippen molar-refractivity contribution in [2.75, 3.05) is 6.61 Å². The maximum Gasteiger partial charge on any atom is 0.168 e. The van der Waals surface area contributed by atoms with Crippen molar-refractivity contribution < 1.29 is 24.5 Å². The van der Waals surface area contributed by atoms with E-state index in [0.717, 1.165) is 53.5 Å². The summed E-state index contributed by atoms with van der Waals surface area (Å²) in [5.41, 5.74) is 19.4. The van der Waals surface area contributed by atoms with Gasteiger partial charge in [-0.15, -0.1) is 0 Å². The number of carbonyl (C=O) groups is 2. The molecule has 0 saturated carbocycles. The third-order valence-electron chi connectivity index (χ3n) is 11.1. The Kier molecular flexibility index (Phi) is 14.0. The average molecular weight is 754 g/mol. The van der Waals surface area contributed by atoms with E-state index in [2.05, 4.69) is 42.2 Å². The molecule has 6 rings (SSSR count). The minimum Gasteiger partial charge on any atom is -0.508 e. The number of allylic oxidation sites excluding steroid dienone is 2. The number of aromatic nitrogens is 1. The number of Topliss-reactive ketones (excluding diaryl/α,β-unsaturated/α-hetero) is 1. The summed E-state index contributed by atoms with van der Waals surface area (Å²) < 4.78 is 6.06. The van der Waals surface area contributed by atoms with Gasteiger partial charge in [0.05, 0.1) is 12.8 Å². The van der Waals surface area contributed by atoms with Gasteiger partial charge in [-0.25, -0.2) is 0 Å². The summed E-state index contributed by atoms with van der Waals surface area (Å²) in [4.78, 5) is 29.5. The lowest BCUT2D eigenvalue weighted by Gasteiger charge is -2.34. The van der Waals surface area contributed by atoms with Crippen LogP contribution in [0.15, 0.2) is 116 Å². The number of aromatic amines is 1. The van der Waals surface area contributed by atoms with Gasteiger partial charge < -0.3 is 31.4 Å². The number of aromatic hydroxyl groups is 2. The zero-order chi connectivity index (χ0) is 39.4. The number of rotatable bonds is 19. The van der Waals surface area contributed by atoms with Crippen molar-refractivity contribution in [2.45, 2.75) is 83.2 Å². The number of H-pyrrole nitrogens is 1. The van der Waals surface area contributed by atoms with Gasteiger partial charge in [-0.05, 0) is 115 Å². The van der Waals surface area contributed by atoms with Gasteiger partial charge >= 0.3 is 0 Å². The smallest absolute Gasteiger partial charge is 0.168 e. The van der Waals surface area contributed by atoms with E-state index in [4.69, 9.17) is 16.2 Å². The van der Waals surface area contributed by atoms with Gasteiger partial charge in [0.2, 0.25) is 0 Å². The molecule has 3 atom stereocenters. The molecule has 1 aliphatic carbocycles. The first kappa shape index (κ1) is 40.2. The first-order valence-electron chi connectivity index (χ1n) is 20.0. The Morgan fingerprint density at radius 3 is 2.41 bits per heavy atom. The molecule has 8 nitrogen and oxygen atoms in total. The zero-order valence-corrected chi connectivity index (χ0v) is 32.3. The van der Waals surface area contributed by atoms with Gasteiger partial charge in [-0.1, -0.05) is 86.2 Å². The van der Waals surface area contributed by atoms with E-state index >= 15 is 0 Å². The number of aryl methyl sites for hydroxylation is 3. The van der Waals surface area contributed by atoms with Crippen LogP contribution in [0.1, 0.15) is 107 Å². The normalized spacial score (nSPS) is 15.9. The fraction of sp³-hybridized carbons (Fsp3) is 0.333. The van der Waals surface area contributed by atoms with E-state index in [9.17, 15) is 19.8 Å². The number of carbonyl (C=O) groups excluding carboxylic acids is 2. The standard InChI is InChI=1S/C48H55N3O5/c1-32(12-13-33-9-5-3-6-10-33)8-4-2-7-11-39(52)19-14-34-16-23-44(54)45(29-34)56-27-25-35-15-22-43(53)42(28-35)46-40-20-18-37(48(49)50)30-36(40)17-21-41(46)47(55)38-24-26-51-31-38/h3,5-7,9-11,15-16,18,20,22-24,26,28-32,41,46,48,51,53-54H,2,4,8,12-14,17,19,21,25,27,49-50H2,1H3/b11-7+/t32-,41+,46+/m1/s1. The summed E-state index contributed by atoms with van der Waals surface area (Å²) in [6.45, 7) is 2.58. The van der Waals surface area contributed by atoms with Crippen molar-refractivity contribution in [3.05, 3.63) is 160 Å². The molecular formula is C48H55N3O5. The molecule has 0 amide bonds. The Labute approximate surface area is 330 Å². The number of phenolic OH excluding ortho intramolecular Hbond substituents is 2. The van der Waals surface area contributed by atoms with E-state index in [-0.39, 0.29) is 41.5 Å². The molecule has 1 heterocycles. The van der Waals surface area contributed by atoms with Crippen LogP contribution in [0.5, 0.6) is 17.2 Å². The van der Waals surface area contributed by atoms with Crippen molar-refractivity contribution >= 4 is 11.6 Å². The summed E-state index contributed by atoms with van der Waals surface area (Å²) in [7, 11) is 0. The van der Waals surface area contributed by atoms with Crippen LogP contribution in [-0.2, 0) is 30.5 Å². The number of nitrogens with two attached hydrogens (primary N) is 2. The van der Waals surface area contributed by atoms with Crippen LogP contribution in [0, 0.1) is 11.8 Å². The maximum absolute atomic E-state index is 13.8. The lowest BCUT2D eigenvalue weighted by molar-refractivity contribution is -0.114. The van der Waals surface area contributed by atoms with Gasteiger partial charge in [0.25, 0.3) is 0 Å². The molecule has 0 aliphatic heterocycles. The second-order valence-corrected chi connectivity index (χ2v) is 15.3. The molecule has 56 heavy (non-hydrogen) atoms. The monoisotopic (exact) mass is 753 g/mol. The number of nitrogens with one attached hydrogen (secondary N) is 1. The molecule has 7 N–H and O–H groups in total. The number of benzene rings is 4. The molecule has 0 radical (unpaired) electrons. The van der Waals surface area contributed by atoms with Gasteiger partial charge in [-0.2, -0.15) is 0 Å². The van der Waals surface area contributed by atoms with Crippen LogP contribution in [-0.4, -0.2) is 33.4 Å². The molecule has 1 aliphatic rings. The van der Waals surface area contributed by atoms with E-state index in [1.165, 1.54) is 12.0 Å². The predicted molar refractivity (Wildman–Crippen MR) is 222 cm³/mol. The molecule has 0 saturated heterocycles. The lowest BCUT2D eigenvalue weighted by atomic mass is 9.68. The van der Waals surface area contributed by atoms with Crippen LogP contribution in [0.4, 0.5) is 0 Å². The lowest BCUT2D eigenvalue weighted by Crippen LogP contribution is -2.29. The summed E-state index contributed by atoms with van der Waals surface area (Å²) in [6.07, 6.45) is 14.7. The van der Waals surface area contributed by atoms with E-state index in [0.29, 0.717) is 54.9 Å². The molecule has 8 heteroatoms. The quantitative estimate of drug-likeness (QED) is 0.0244. The Bertz CT molecular complexity index is 2090. The minimum absolute atomic E-state index is 0.0260. The fourth-order valence-electron chi connectivity index (χ4n) is 7.87. The van der Waals surface area contributed by atoms with Crippen molar-refractivity contribution in [3.8, 4) is 17.2 Å². The highest BCUT2D eigenvalue weighted by Crippen LogP contribution is 2.46. The Hall–Kier alpha value is -5.44. The number of fused-ring (bicyclic) bond motifs is 1. The largest absolute Gasteiger partial charge is 0.508 e. The Balaban J connectivity index is 1.03. The van der Waals surface area contributed by atoms with Crippen molar-refractivity contribution in [1.29, 1.82) is 0 Å². The molecule has 292 valence electrons. The Morgan fingerprint density at radius 1 is 0.857 bits per heavy atom. The maximum atomic E-state index is 13.8. The molecule has 0 bridgehead atoms. The summed E-state index contributed by atoms with van der Waals surface area (Å²) in [6, 6.07) is 29.0. The molecule has 0 fully saturated rings. The molecule has 0 unspecified atom stereocenters. The van der Waals surface area contributed by atoms with Crippen LogP contribution in [0.2, 0.25) is 0 Å². The average Bonchev–Trinajstić information content (AvgIpc) is 3.76. The fourth-order valence-corrected chi connectivity index (χ4v) is 7.87. The van der Waals surface area contributed by atoms with Gasteiger partial charge in [0.1, 0.15) is 5.75 Å². The highest BCUT2D eigenvalue weighted by molar-refractivity contribution is 5.99. The second-order valence-electron chi connectivity index (χ2n) is 15.3. The second kappa shape index (κ2) is 19.4. The minimum atomic E-state index is -0.607. The third kappa shape index (κ3) is 10.6. The number of unbranched alkanes of at least 4 members (excludes halogenated alkanes) is 1. The zero-order valence-electron chi connectivity index (χ0n) is 32.3. The van der Waals surface area contributed by atoms with E-state index in [1.54, 1.807) is 42.7 Å². The van der Waals surface area contributed by atoms with Gasteiger partial charge in [0.15, 0.2) is 23.1 Å². The first-order valence-corrected chi connectivity index (χ1v) is 20.0. The first-order chi connectivity index (χ1) is 27.2. The van der Waals surface area contributed by atoms with Crippen LogP contribution in [0.25, 0.3) is 0 Å². The molecular weight excluding hydrogens is 699 g/mol. The predicted octanol–water partition coefficient (Wildman–Crippen LogP) is 9.04. The van der Waals surface area contributed by atoms with Gasteiger partial charge in [0, 0.05) is 48.2 Å². The summed E-state index contributed by atoms with van der Waals surface area (Å²) >= 11 is 0. The number of ketones is 2. The van der Waals surface area contributed by atoms with Crippen molar-refractivity contribution in [1.82, 2.24) is 4.98 Å². The number of hydrogen-bond donors (Lipinski definition) is 5. The number of ether oxygens (including phenoxy) is 1. The molecule has 5 aromatic rings. The van der Waals surface area contributed by atoms with Crippen LogP contribution >= 0.6 is 0 Å². The highest BCUT2D eigenvalue weighted by Gasteiger charge is 2.37. The molecule has 4 aromatic carbocycles. The van der Waals surface area contributed by atoms with Gasteiger partial charge in [-0.3, -0.25) is 9.59 Å². The SMILES string of the molecule is C[C@H](CCC/C=C/C(=O)CCc1ccc(O)c(OCCc2ccc(O)c([C@H]3c4ccc(C(N)N)cc4CC[C@@H]3C(=O)c3cc[nH]c3)c2)c1)CCc1ccccc1. The molecule has 1 aromatic heterocycles. The van der Waals surface area contributed by atoms with Crippen molar-refractivity contribution in [3.63, 3.8) is 0 Å². The summed E-state index contributed by atoms with van der Waals surface area (Å²) in [5.74, 6) is 0.526. The number of phenols is 2. The van der Waals surface area contributed by atoms with Crippen molar-refractivity contribution in [2.24, 2.45) is 23.3 Å². The topological polar surface area (TPSA) is 152 Å². The molecule has 0 spiro atoms. The van der Waals surface area contributed by atoms with Crippen LogP contribution < -0.4 is 16.2 Å². The summed E-state index contributed by atoms with van der Waals surface area (Å²) in [5, 5.41) is 21.8. The number of hydrogen-bond acceptors (Lipinski definition) is 7. The van der Waals surface area contributed by atoms with E-state index in [1.807, 2.05) is 42.5 Å². The third-order valence-corrected chi connectivity index (χ3v) is 11.1. The Morgan fingerprint density at radius 2 is 1.64 bits per heavy atom. The van der Waals surface area contributed by atoms with E-state index < -0.39 is 6.17 Å².